The molecule has 0 aliphatic heterocycles. The van der Waals surface area contributed by atoms with Crippen molar-refractivity contribution in [2.75, 3.05) is 0 Å². The molecule has 3 heteroatoms. The Morgan fingerprint density at radius 1 is 1.21 bits per heavy atom. The standard InChI is InChI=1S/C16H24N2O/c1-4-5-6-7-8-11-17-18-16(19)15-10-9-13(2)14(3)12-15/h9-12H,4-8H2,1-3H3,(H,18,19)/b17-11+. The topological polar surface area (TPSA) is 41.5 Å². The Balaban J connectivity index is 2.34. The summed E-state index contributed by atoms with van der Waals surface area (Å²) in [5.41, 5.74) is 5.54. The predicted molar refractivity (Wildman–Crippen MR) is 80.6 cm³/mol. The molecule has 0 unspecified atom stereocenters. The predicted octanol–water partition coefficient (Wildman–Crippen LogP) is 3.99. The van der Waals surface area contributed by atoms with Gasteiger partial charge in [-0.3, -0.25) is 4.79 Å². The molecule has 1 amide bonds. The Morgan fingerprint density at radius 3 is 2.68 bits per heavy atom. The summed E-state index contributed by atoms with van der Waals surface area (Å²) in [5, 5.41) is 3.97. The molecule has 0 aromatic heterocycles. The van der Waals surface area contributed by atoms with Gasteiger partial charge in [0.25, 0.3) is 5.91 Å². The molecule has 1 rings (SSSR count). The van der Waals surface area contributed by atoms with E-state index in [0.717, 1.165) is 18.4 Å². The van der Waals surface area contributed by atoms with Crippen molar-refractivity contribution in [3.05, 3.63) is 34.9 Å². The van der Waals surface area contributed by atoms with Crippen molar-refractivity contribution in [2.45, 2.75) is 52.9 Å². The van der Waals surface area contributed by atoms with Gasteiger partial charge in [0.15, 0.2) is 0 Å². The summed E-state index contributed by atoms with van der Waals surface area (Å²) in [6.45, 7) is 6.23. The van der Waals surface area contributed by atoms with Gasteiger partial charge in [-0.05, 0) is 49.9 Å². The van der Waals surface area contributed by atoms with E-state index in [1.165, 1.54) is 24.8 Å². The van der Waals surface area contributed by atoms with Crippen molar-refractivity contribution >= 4 is 12.1 Å². The lowest BCUT2D eigenvalue weighted by atomic mass is 10.1. The van der Waals surface area contributed by atoms with Crippen LogP contribution in [0.2, 0.25) is 0 Å². The van der Waals surface area contributed by atoms with Crippen molar-refractivity contribution in [3.63, 3.8) is 0 Å². The van der Waals surface area contributed by atoms with Gasteiger partial charge in [-0.1, -0.05) is 32.3 Å². The molecule has 1 N–H and O–H groups in total. The monoisotopic (exact) mass is 260 g/mol. The van der Waals surface area contributed by atoms with Gasteiger partial charge in [0.05, 0.1) is 0 Å². The molecule has 0 aliphatic rings. The highest BCUT2D eigenvalue weighted by Gasteiger charge is 2.04. The number of aryl methyl sites for hydroxylation is 2. The van der Waals surface area contributed by atoms with Gasteiger partial charge in [-0.25, -0.2) is 5.43 Å². The van der Waals surface area contributed by atoms with Gasteiger partial charge in [-0.2, -0.15) is 5.10 Å². The number of carbonyl (C=O) groups excluding carboxylic acids is 1. The fraction of sp³-hybridized carbons (Fsp3) is 0.500. The maximum Gasteiger partial charge on any atom is 0.271 e. The fourth-order valence-corrected chi connectivity index (χ4v) is 1.78. The van der Waals surface area contributed by atoms with Gasteiger partial charge in [0.2, 0.25) is 0 Å². The summed E-state index contributed by atoms with van der Waals surface area (Å²) >= 11 is 0. The number of nitrogens with one attached hydrogen (secondary N) is 1. The van der Waals surface area contributed by atoms with Gasteiger partial charge in [-0.15, -0.1) is 0 Å². The summed E-state index contributed by atoms with van der Waals surface area (Å²) in [7, 11) is 0. The zero-order valence-electron chi connectivity index (χ0n) is 12.2. The van der Waals surface area contributed by atoms with Gasteiger partial charge < -0.3 is 0 Å². The Labute approximate surface area is 116 Å². The molecular weight excluding hydrogens is 236 g/mol. The van der Waals surface area contributed by atoms with Crippen LogP contribution in [0, 0.1) is 13.8 Å². The summed E-state index contributed by atoms with van der Waals surface area (Å²) in [6.07, 6.45) is 7.58. The highest BCUT2D eigenvalue weighted by Crippen LogP contribution is 2.09. The number of hydrogen-bond donors (Lipinski definition) is 1. The number of hydrogen-bond acceptors (Lipinski definition) is 2. The molecule has 0 bridgehead atoms. The molecule has 0 spiro atoms. The van der Waals surface area contributed by atoms with E-state index in [4.69, 9.17) is 0 Å². The minimum absolute atomic E-state index is 0.145. The number of hydrazone groups is 1. The normalized spacial score (nSPS) is 10.9. The zero-order valence-corrected chi connectivity index (χ0v) is 12.2. The van der Waals surface area contributed by atoms with E-state index in [1.54, 1.807) is 6.21 Å². The SMILES string of the molecule is CCCCCC/C=N/NC(=O)c1ccc(C)c(C)c1. The molecule has 0 heterocycles. The van der Waals surface area contributed by atoms with E-state index in [9.17, 15) is 4.79 Å². The molecule has 0 radical (unpaired) electrons. The van der Waals surface area contributed by atoms with Crippen LogP contribution in [0.15, 0.2) is 23.3 Å². The first kappa shape index (κ1) is 15.4. The minimum atomic E-state index is -0.145. The summed E-state index contributed by atoms with van der Waals surface area (Å²) in [6, 6.07) is 5.68. The zero-order chi connectivity index (χ0) is 14.1. The van der Waals surface area contributed by atoms with Crippen LogP contribution in [0.5, 0.6) is 0 Å². The highest BCUT2D eigenvalue weighted by atomic mass is 16.2. The molecule has 1 aromatic carbocycles. The third kappa shape index (κ3) is 5.69. The molecule has 0 atom stereocenters. The number of nitrogens with zero attached hydrogens (tertiary/aromatic N) is 1. The average Bonchev–Trinajstić information content (AvgIpc) is 2.40. The molecule has 0 fully saturated rings. The molecule has 104 valence electrons. The first-order valence-electron chi connectivity index (χ1n) is 7.04. The lowest BCUT2D eigenvalue weighted by molar-refractivity contribution is 0.0955. The smallest absolute Gasteiger partial charge is 0.267 e. The van der Waals surface area contributed by atoms with Crippen LogP contribution in [-0.2, 0) is 0 Å². The lowest BCUT2D eigenvalue weighted by Crippen LogP contribution is -2.17. The molecule has 3 nitrogen and oxygen atoms in total. The van der Waals surface area contributed by atoms with Gasteiger partial charge >= 0.3 is 0 Å². The van der Waals surface area contributed by atoms with Crippen molar-refractivity contribution < 1.29 is 4.79 Å². The third-order valence-electron chi connectivity index (χ3n) is 3.21. The second-order valence-electron chi connectivity index (χ2n) is 4.90. The fourth-order valence-electron chi connectivity index (χ4n) is 1.78. The third-order valence-corrected chi connectivity index (χ3v) is 3.21. The van der Waals surface area contributed by atoms with E-state index >= 15 is 0 Å². The molecule has 19 heavy (non-hydrogen) atoms. The van der Waals surface area contributed by atoms with Crippen LogP contribution in [0.3, 0.4) is 0 Å². The van der Waals surface area contributed by atoms with Crippen LogP contribution < -0.4 is 5.43 Å². The Morgan fingerprint density at radius 2 is 2.00 bits per heavy atom. The van der Waals surface area contributed by atoms with Crippen LogP contribution >= 0.6 is 0 Å². The Bertz CT molecular complexity index is 438. The Hall–Kier alpha value is -1.64. The Kier molecular flexibility index (Phi) is 6.86. The second kappa shape index (κ2) is 8.46. The average molecular weight is 260 g/mol. The van der Waals surface area contributed by atoms with Crippen LogP contribution in [0.4, 0.5) is 0 Å². The van der Waals surface area contributed by atoms with Crippen molar-refractivity contribution in [2.24, 2.45) is 5.10 Å². The number of carbonyl (C=O) groups is 1. The number of amides is 1. The van der Waals surface area contributed by atoms with Crippen LogP contribution in [0.25, 0.3) is 0 Å². The maximum atomic E-state index is 11.8. The van der Waals surface area contributed by atoms with E-state index in [0.29, 0.717) is 5.56 Å². The van der Waals surface area contributed by atoms with E-state index in [2.05, 4.69) is 17.5 Å². The summed E-state index contributed by atoms with van der Waals surface area (Å²) in [5.74, 6) is -0.145. The van der Waals surface area contributed by atoms with E-state index in [1.807, 2.05) is 32.0 Å². The number of unbranched alkanes of at least 4 members (excludes halogenated alkanes) is 4. The molecule has 0 aliphatic carbocycles. The quantitative estimate of drug-likeness (QED) is 0.449. The second-order valence-corrected chi connectivity index (χ2v) is 4.90. The maximum absolute atomic E-state index is 11.8. The molecule has 0 saturated heterocycles. The number of benzene rings is 1. The largest absolute Gasteiger partial charge is 0.271 e. The van der Waals surface area contributed by atoms with E-state index < -0.39 is 0 Å². The minimum Gasteiger partial charge on any atom is -0.267 e. The number of rotatable bonds is 7. The first-order valence-corrected chi connectivity index (χ1v) is 7.04. The van der Waals surface area contributed by atoms with Crippen molar-refractivity contribution in [3.8, 4) is 0 Å². The van der Waals surface area contributed by atoms with Crippen LogP contribution in [0.1, 0.15) is 60.5 Å². The molecule has 1 aromatic rings. The first-order chi connectivity index (χ1) is 9.15. The molecule has 0 saturated carbocycles. The van der Waals surface area contributed by atoms with Gasteiger partial charge in [0.1, 0.15) is 0 Å². The van der Waals surface area contributed by atoms with Gasteiger partial charge in [0, 0.05) is 11.8 Å². The lowest BCUT2D eigenvalue weighted by Gasteiger charge is -2.03. The summed E-state index contributed by atoms with van der Waals surface area (Å²) in [4.78, 5) is 11.8. The molecular formula is C16H24N2O. The highest BCUT2D eigenvalue weighted by molar-refractivity contribution is 5.94. The van der Waals surface area contributed by atoms with E-state index in [-0.39, 0.29) is 5.91 Å². The van der Waals surface area contributed by atoms with Crippen molar-refractivity contribution in [1.82, 2.24) is 5.43 Å². The summed E-state index contributed by atoms with van der Waals surface area (Å²) < 4.78 is 0. The van der Waals surface area contributed by atoms with Crippen LogP contribution in [-0.4, -0.2) is 12.1 Å². The van der Waals surface area contributed by atoms with Crippen molar-refractivity contribution in [1.29, 1.82) is 0 Å².